The lowest BCUT2D eigenvalue weighted by Crippen LogP contribution is -2.55. The number of nitrogens with zero attached hydrogens (tertiary/aromatic N) is 2. The summed E-state index contributed by atoms with van der Waals surface area (Å²) in [7, 11) is 0. The highest BCUT2D eigenvalue weighted by Crippen LogP contribution is 2.28. The molecule has 1 saturated heterocycles. The quantitative estimate of drug-likeness (QED) is 0.718. The molecule has 0 saturated carbocycles. The minimum Gasteiger partial charge on any atom is -0.351 e. The Bertz CT molecular complexity index is 632. The number of rotatable bonds is 8. The van der Waals surface area contributed by atoms with Crippen molar-refractivity contribution in [1.82, 2.24) is 15.1 Å². The summed E-state index contributed by atoms with van der Waals surface area (Å²) in [5.41, 5.74) is 5.50. The van der Waals surface area contributed by atoms with Crippen LogP contribution in [-0.2, 0) is 4.79 Å². The highest BCUT2D eigenvalue weighted by atomic mass is 19.1. The van der Waals surface area contributed by atoms with E-state index in [1.165, 1.54) is 12.1 Å². The van der Waals surface area contributed by atoms with Gasteiger partial charge in [0.2, 0.25) is 5.91 Å². The Labute approximate surface area is 160 Å². The molecule has 1 aromatic rings. The minimum absolute atomic E-state index is 0.0603. The van der Waals surface area contributed by atoms with Crippen LogP contribution in [0.25, 0.3) is 0 Å². The smallest absolute Gasteiger partial charge is 0.254 e. The zero-order valence-electron chi connectivity index (χ0n) is 16.3. The van der Waals surface area contributed by atoms with E-state index in [4.69, 9.17) is 5.73 Å². The molecule has 1 fully saturated rings. The Morgan fingerprint density at radius 2 is 1.78 bits per heavy atom. The van der Waals surface area contributed by atoms with E-state index in [1.54, 1.807) is 12.1 Å². The molecule has 1 aliphatic heterocycles. The number of benzene rings is 1. The fourth-order valence-corrected chi connectivity index (χ4v) is 3.51. The molecule has 1 heterocycles. The Morgan fingerprint density at radius 1 is 1.15 bits per heavy atom. The second-order valence-corrected chi connectivity index (χ2v) is 7.06. The number of halogens is 1. The number of carbonyl (C=O) groups excluding carboxylic acids is 2. The van der Waals surface area contributed by atoms with E-state index in [0.29, 0.717) is 32.7 Å². The summed E-state index contributed by atoms with van der Waals surface area (Å²) in [5, 5.41) is 2.76. The molecule has 0 aliphatic carbocycles. The number of hydrogen-bond donors (Lipinski definition) is 2. The summed E-state index contributed by atoms with van der Waals surface area (Å²) in [4.78, 5) is 29.0. The Morgan fingerprint density at radius 3 is 2.33 bits per heavy atom. The van der Waals surface area contributed by atoms with Gasteiger partial charge in [-0.1, -0.05) is 26.0 Å². The largest absolute Gasteiger partial charge is 0.351 e. The molecule has 1 aromatic carbocycles. The van der Waals surface area contributed by atoms with Gasteiger partial charge in [0, 0.05) is 45.8 Å². The van der Waals surface area contributed by atoms with Crippen molar-refractivity contribution in [3.63, 3.8) is 0 Å². The topological polar surface area (TPSA) is 78.7 Å². The number of amides is 2. The van der Waals surface area contributed by atoms with Gasteiger partial charge >= 0.3 is 0 Å². The van der Waals surface area contributed by atoms with E-state index >= 15 is 0 Å². The highest BCUT2D eigenvalue weighted by Gasteiger charge is 2.37. The fraction of sp³-hybridized carbons (Fsp3) is 0.600. The van der Waals surface area contributed by atoms with Crippen molar-refractivity contribution in [2.75, 3.05) is 45.8 Å². The molecule has 27 heavy (non-hydrogen) atoms. The lowest BCUT2D eigenvalue weighted by molar-refractivity contribution is -0.144. The molecule has 2 amide bonds. The van der Waals surface area contributed by atoms with E-state index < -0.39 is 17.1 Å². The number of nitrogens with one attached hydrogen (secondary N) is 1. The van der Waals surface area contributed by atoms with E-state index in [0.717, 1.165) is 25.9 Å². The van der Waals surface area contributed by atoms with Crippen molar-refractivity contribution < 1.29 is 14.0 Å². The molecule has 150 valence electrons. The van der Waals surface area contributed by atoms with Crippen LogP contribution in [-0.4, -0.2) is 67.4 Å². The second kappa shape index (κ2) is 9.80. The molecule has 0 atom stereocenters. The molecule has 2 rings (SSSR count). The maximum atomic E-state index is 13.6. The first-order valence-electron chi connectivity index (χ1n) is 9.72. The van der Waals surface area contributed by atoms with Crippen LogP contribution in [0.4, 0.5) is 4.39 Å². The van der Waals surface area contributed by atoms with Crippen molar-refractivity contribution in [1.29, 1.82) is 0 Å². The van der Waals surface area contributed by atoms with Crippen molar-refractivity contribution in [2.45, 2.75) is 26.7 Å². The normalized spacial score (nSPS) is 15.6. The fourth-order valence-electron chi connectivity index (χ4n) is 3.51. The lowest BCUT2D eigenvalue weighted by Gasteiger charge is -2.40. The molecule has 7 heteroatoms. The Hall–Kier alpha value is -1.99. The number of hydrogen-bond acceptors (Lipinski definition) is 4. The van der Waals surface area contributed by atoms with Crippen molar-refractivity contribution in [3.8, 4) is 0 Å². The Kier molecular flexibility index (Phi) is 7.74. The molecule has 1 aliphatic rings. The van der Waals surface area contributed by atoms with Crippen LogP contribution in [0.15, 0.2) is 24.3 Å². The van der Waals surface area contributed by atoms with Crippen molar-refractivity contribution in [3.05, 3.63) is 35.6 Å². The molecular weight excluding hydrogens is 347 g/mol. The van der Waals surface area contributed by atoms with E-state index in [9.17, 15) is 14.0 Å². The van der Waals surface area contributed by atoms with Crippen molar-refractivity contribution >= 4 is 11.8 Å². The molecule has 0 aromatic heterocycles. The van der Waals surface area contributed by atoms with Gasteiger partial charge in [-0.15, -0.1) is 0 Å². The number of nitrogens with two attached hydrogens (primary N) is 1. The van der Waals surface area contributed by atoms with Gasteiger partial charge in [-0.05, 0) is 25.0 Å². The average molecular weight is 378 g/mol. The maximum absolute atomic E-state index is 13.6. The van der Waals surface area contributed by atoms with Crippen LogP contribution in [0.2, 0.25) is 0 Å². The zero-order valence-corrected chi connectivity index (χ0v) is 16.3. The van der Waals surface area contributed by atoms with E-state index in [2.05, 4.69) is 10.2 Å². The minimum atomic E-state index is -0.516. The number of piperazine rings is 1. The van der Waals surface area contributed by atoms with Crippen LogP contribution in [0.5, 0.6) is 0 Å². The predicted octanol–water partition coefficient (Wildman–Crippen LogP) is 1.46. The zero-order chi connectivity index (χ0) is 19.9. The van der Waals surface area contributed by atoms with Crippen LogP contribution in [0.1, 0.15) is 37.0 Å². The van der Waals surface area contributed by atoms with Gasteiger partial charge in [-0.3, -0.25) is 14.5 Å². The van der Waals surface area contributed by atoms with Crippen LogP contribution in [0.3, 0.4) is 0 Å². The third-order valence-electron chi connectivity index (χ3n) is 5.69. The molecule has 0 bridgehead atoms. The summed E-state index contributed by atoms with van der Waals surface area (Å²) in [6, 6.07) is 5.95. The third kappa shape index (κ3) is 5.05. The highest BCUT2D eigenvalue weighted by molar-refractivity contribution is 5.94. The second-order valence-electron chi connectivity index (χ2n) is 7.06. The van der Waals surface area contributed by atoms with E-state index in [-0.39, 0.29) is 11.5 Å². The van der Waals surface area contributed by atoms with E-state index in [1.807, 2.05) is 18.7 Å². The van der Waals surface area contributed by atoms with Gasteiger partial charge in [0.25, 0.3) is 5.91 Å². The Balaban J connectivity index is 1.77. The molecular formula is C20H31FN4O2. The SMILES string of the molecule is CCC(CC)(CN)C(=O)N1CCN(CCNC(=O)c2ccccc2F)CC1. The molecule has 6 nitrogen and oxygen atoms in total. The third-order valence-corrected chi connectivity index (χ3v) is 5.69. The van der Waals surface area contributed by atoms with Gasteiger partial charge < -0.3 is 16.0 Å². The number of carbonyl (C=O) groups is 2. The van der Waals surface area contributed by atoms with Crippen LogP contribution < -0.4 is 11.1 Å². The first-order chi connectivity index (χ1) is 13.0. The molecule has 0 radical (unpaired) electrons. The van der Waals surface area contributed by atoms with Gasteiger partial charge in [-0.25, -0.2) is 4.39 Å². The summed E-state index contributed by atoms with van der Waals surface area (Å²) in [6.45, 7) is 8.38. The predicted molar refractivity (Wildman–Crippen MR) is 104 cm³/mol. The van der Waals surface area contributed by atoms with Crippen LogP contribution >= 0.6 is 0 Å². The molecule has 0 spiro atoms. The summed E-state index contributed by atoms with van der Waals surface area (Å²) < 4.78 is 13.6. The van der Waals surface area contributed by atoms with Gasteiger partial charge in [-0.2, -0.15) is 0 Å². The maximum Gasteiger partial charge on any atom is 0.254 e. The first-order valence-corrected chi connectivity index (χ1v) is 9.72. The summed E-state index contributed by atoms with van der Waals surface area (Å²) in [6.07, 6.45) is 1.50. The van der Waals surface area contributed by atoms with Crippen molar-refractivity contribution in [2.24, 2.45) is 11.1 Å². The van der Waals surface area contributed by atoms with Gasteiger partial charge in [0.05, 0.1) is 11.0 Å². The summed E-state index contributed by atoms with van der Waals surface area (Å²) >= 11 is 0. The van der Waals surface area contributed by atoms with Gasteiger partial charge in [0.15, 0.2) is 0 Å². The van der Waals surface area contributed by atoms with Crippen LogP contribution in [0, 0.1) is 11.2 Å². The molecule has 3 N–H and O–H groups in total. The summed E-state index contributed by atoms with van der Waals surface area (Å²) in [5.74, 6) is -0.764. The first kappa shape index (κ1) is 21.3. The monoisotopic (exact) mass is 378 g/mol. The van der Waals surface area contributed by atoms with Gasteiger partial charge in [0.1, 0.15) is 5.82 Å². The molecule has 0 unspecified atom stereocenters. The standard InChI is InChI=1S/C20H31FN4O2/c1-3-20(4-2,15-22)19(27)25-13-11-24(12-14-25)10-9-23-18(26)16-7-5-6-8-17(16)21/h5-8H,3-4,9-15,22H2,1-2H3,(H,23,26). The average Bonchev–Trinajstić information content (AvgIpc) is 2.70. The lowest BCUT2D eigenvalue weighted by atomic mass is 9.81.